The lowest BCUT2D eigenvalue weighted by Gasteiger charge is -2.03. The molecular formula is C20H15ClN4O5S. The number of nitro groups is 1. The van der Waals surface area contributed by atoms with E-state index in [1.54, 1.807) is 12.1 Å². The minimum atomic E-state index is -0.622. The third kappa shape index (κ3) is 4.65. The van der Waals surface area contributed by atoms with Crippen LogP contribution in [0.3, 0.4) is 0 Å². The number of fused-ring (bicyclic) bond motifs is 1. The smallest absolute Gasteiger partial charge is 0.407 e. The molecule has 0 spiro atoms. The van der Waals surface area contributed by atoms with Crippen LogP contribution in [0, 0.1) is 10.1 Å². The molecule has 1 amide bonds. The predicted octanol–water partition coefficient (Wildman–Crippen LogP) is 4.70. The van der Waals surface area contributed by atoms with Gasteiger partial charge in [-0.1, -0.05) is 23.7 Å². The van der Waals surface area contributed by atoms with Crippen molar-refractivity contribution in [3.8, 4) is 11.3 Å². The van der Waals surface area contributed by atoms with Gasteiger partial charge in [0.25, 0.3) is 5.69 Å². The molecule has 0 bridgehead atoms. The predicted molar refractivity (Wildman–Crippen MR) is 118 cm³/mol. The summed E-state index contributed by atoms with van der Waals surface area (Å²) >= 11 is 7.21. The van der Waals surface area contributed by atoms with E-state index in [0.29, 0.717) is 22.1 Å². The highest BCUT2D eigenvalue weighted by molar-refractivity contribution is 7.14. The Labute approximate surface area is 184 Å². The Morgan fingerprint density at radius 3 is 2.77 bits per heavy atom. The third-order valence-electron chi connectivity index (χ3n) is 4.54. The van der Waals surface area contributed by atoms with E-state index in [1.165, 1.54) is 34.1 Å². The first kappa shape index (κ1) is 20.8. The summed E-state index contributed by atoms with van der Waals surface area (Å²) < 4.78 is 6.44. The molecule has 0 saturated carbocycles. The highest BCUT2D eigenvalue weighted by atomic mass is 35.5. The average Bonchev–Trinajstić information content (AvgIpc) is 3.32. The van der Waals surface area contributed by atoms with Crippen molar-refractivity contribution in [3.05, 3.63) is 73.5 Å². The number of carbonyl (C=O) groups is 1. The summed E-state index contributed by atoms with van der Waals surface area (Å²) in [5, 5.41) is 16.6. The van der Waals surface area contributed by atoms with Crippen molar-refractivity contribution in [1.29, 1.82) is 0 Å². The van der Waals surface area contributed by atoms with E-state index in [2.05, 4.69) is 10.3 Å². The van der Waals surface area contributed by atoms with Gasteiger partial charge in [-0.25, -0.2) is 9.78 Å². The molecule has 4 rings (SSSR count). The van der Waals surface area contributed by atoms with Crippen LogP contribution >= 0.6 is 22.9 Å². The molecule has 158 valence electrons. The molecule has 0 saturated heterocycles. The van der Waals surface area contributed by atoms with Crippen LogP contribution in [0.5, 0.6) is 0 Å². The molecule has 1 N–H and O–H groups in total. The van der Waals surface area contributed by atoms with Crippen molar-refractivity contribution in [3.63, 3.8) is 0 Å². The first-order valence-corrected chi connectivity index (χ1v) is 10.5. The zero-order valence-electron chi connectivity index (χ0n) is 15.9. The number of nitrogens with one attached hydrogen (secondary N) is 1. The van der Waals surface area contributed by atoms with Gasteiger partial charge in [-0.05, 0) is 24.6 Å². The molecule has 4 aromatic rings. The van der Waals surface area contributed by atoms with Gasteiger partial charge >= 0.3 is 5.76 Å². The summed E-state index contributed by atoms with van der Waals surface area (Å²) in [6.07, 6.45) is 0.550. The standard InChI is InChI=1S/C20H15ClN4O5S/c21-13-5-3-12(4-6-13)15-11-31-19(22-15)23-18(26)2-1-9-24-16-8-7-14(25(28)29)10-17(16)30-20(24)27/h3-8,10-11H,1-2,9H2,(H,22,23,26). The van der Waals surface area contributed by atoms with Crippen molar-refractivity contribution >= 4 is 50.8 Å². The number of non-ortho nitro benzene ring substituents is 1. The van der Waals surface area contributed by atoms with Gasteiger partial charge in [0.05, 0.1) is 22.2 Å². The van der Waals surface area contributed by atoms with Crippen molar-refractivity contribution < 1.29 is 14.1 Å². The summed E-state index contributed by atoms with van der Waals surface area (Å²) in [6.45, 7) is 0.241. The van der Waals surface area contributed by atoms with Crippen molar-refractivity contribution in [1.82, 2.24) is 9.55 Å². The van der Waals surface area contributed by atoms with E-state index in [-0.39, 0.29) is 30.1 Å². The zero-order valence-corrected chi connectivity index (χ0v) is 17.5. The second-order valence-corrected chi connectivity index (χ2v) is 7.92. The number of hydrogen-bond acceptors (Lipinski definition) is 7. The monoisotopic (exact) mass is 458 g/mol. The molecule has 11 heteroatoms. The number of hydrogen-bond donors (Lipinski definition) is 1. The zero-order chi connectivity index (χ0) is 22.0. The molecule has 0 aliphatic rings. The van der Waals surface area contributed by atoms with E-state index in [0.717, 1.165) is 11.3 Å². The number of anilines is 1. The van der Waals surface area contributed by atoms with Crippen LogP contribution < -0.4 is 11.1 Å². The normalized spacial score (nSPS) is 11.0. The number of aryl methyl sites for hydroxylation is 1. The maximum Gasteiger partial charge on any atom is 0.419 e. The minimum Gasteiger partial charge on any atom is -0.407 e. The number of carbonyl (C=O) groups excluding carboxylic acids is 1. The Morgan fingerprint density at radius 1 is 1.26 bits per heavy atom. The molecule has 0 aliphatic carbocycles. The van der Waals surface area contributed by atoms with Crippen LogP contribution in [0.2, 0.25) is 5.02 Å². The van der Waals surface area contributed by atoms with E-state index in [1.807, 2.05) is 17.5 Å². The molecule has 0 aliphatic heterocycles. The largest absolute Gasteiger partial charge is 0.419 e. The van der Waals surface area contributed by atoms with Crippen molar-refractivity contribution in [2.45, 2.75) is 19.4 Å². The average molecular weight is 459 g/mol. The Bertz CT molecular complexity index is 1330. The molecule has 0 radical (unpaired) electrons. The highest BCUT2D eigenvalue weighted by Crippen LogP contribution is 2.26. The van der Waals surface area contributed by atoms with Crippen LogP contribution in [0.25, 0.3) is 22.4 Å². The lowest BCUT2D eigenvalue weighted by atomic mass is 10.2. The number of rotatable bonds is 7. The van der Waals surface area contributed by atoms with Gasteiger partial charge in [0.1, 0.15) is 0 Å². The molecule has 9 nitrogen and oxygen atoms in total. The van der Waals surface area contributed by atoms with Gasteiger partial charge in [-0.15, -0.1) is 11.3 Å². The van der Waals surface area contributed by atoms with Crippen LogP contribution in [-0.2, 0) is 11.3 Å². The first-order valence-electron chi connectivity index (χ1n) is 9.20. The Hall–Kier alpha value is -3.50. The van der Waals surface area contributed by atoms with Crippen LogP contribution in [0.1, 0.15) is 12.8 Å². The minimum absolute atomic E-state index is 0.140. The molecule has 2 heterocycles. The topological polar surface area (TPSA) is 120 Å². The fourth-order valence-corrected chi connectivity index (χ4v) is 3.91. The van der Waals surface area contributed by atoms with Gasteiger partial charge in [-0.2, -0.15) is 0 Å². The van der Waals surface area contributed by atoms with Gasteiger partial charge in [0.15, 0.2) is 10.7 Å². The molecule has 31 heavy (non-hydrogen) atoms. The fraction of sp³-hybridized carbons (Fsp3) is 0.150. The quantitative estimate of drug-likeness (QED) is 0.316. The lowest BCUT2D eigenvalue weighted by molar-refractivity contribution is -0.384. The summed E-state index contributed by atoms with van der Waals surface area (Å²) in [7, 11) is 0. The van der Waals surface area contributed by atoms with Gasteiger partial charge in [0.2, 0.25) is 5.91 Å². The number of halogens is 1. The van der Waals surface area contributed by atoms with E-state index in [4.69, 9.17) is 16.0 Å². The molecule has 0 unspecified atom stereocenters. The number of aromatic nitrogens is 2. The lowest BCUT2D eigenvalue weighted by Crippen LogP contribution is -2.17. The Balaban J connectivity index is 1.36. The number of thiazole rings is 1. The van der Waals surface area contributed by atoms with E-state index >= 15 is 0 Å². The molecular weight excluding hydrogens is 444 g/mol. The summed E-state index contributed by atoms with van der Waals surface area (Å²) in [6, 6.07) is 11.2. The second-order valence-electron chi connectivity index (χ2n) is 6.63. The van der Waals surface area contributed by atoms with Gasteiger partial charge in [-0.3, -0.25) is 19.5 Å². The Morgan fingerprint density at radius 2 is 2.03 bits per heavy atom. The SMILES string of the molecule is O=C(CCCn1c(=O)oc2cc([N+](=O)[O-])ccc21)Nc1nc(-c2ccc(Cl)cc2)cs1. The molecule has 0 fully saturated rings. The summed E-state index contributed by atoms with van der Waals surface area (Å²) in [4.78, 5) is 39.0. The van der Waals surface area contributed by atoms with E-state index < -0.39 is 10.7 Å². The maximum absolute atomic E-state index is 12.3. The van der Waals surface area contributed by atoms with Crippen LogP contribution in [0.4, 0.5) is 10.8 Å². The number of nitrogens with zero attached hydrogens (tertiary/aromatic N) is 3. The number of oxazole rings is 1. The molecule has 0 atom stereocenters. The van der Waals surface area contributed by atoms with Crippen LogP contribution in [-0.4, -0.2) is 20.4 Å². The van der Waals surface area contributed by atoms with E-state index in [9.17, 15) is 19.7 Å². The van der Waals surface area contributed by atoms with Crippen LogP contribution in [0.15, 0.2) is 57.1 Å². The maximum atomic E-state index is 12.3. The first-order chi connectivity index (χ1) is 14.9. The van der Waals surface area contributed by atoms with Gasteiger partial charge < -0.3 is 9.73 Å². The highest BCUT2D eigenvalue weighted by Gasteiger charge is 2.15. The fourth-order valence-electron chi connectivity index (χ4n) is 3.04. The van der Waals surface area contributed by atoms with Crippen molar-refractivity contribution in [2.24, 2.45) is 0 Å². The third-order valence-corrected chi connectivity index (χ3v) is 5.55. The van der Waals surface area contributed by atoms with Crippen molar-refractivity contribution in [2.75, 3.05) is 5.32 Å². The van der Waals surface area contributed by atoms with Gasteiger partial charge in [0, 0.05) is 35.0 Å². The second kappa shape index (κ2) is 8.70. The number of benzene rings is 2. The Kier molecular flexibility index (Phi) is 5.83. The molecule has 2 aromatic carbocycles. The molecule has 2 aromatic heterocycles. The number of nitro benzene ring substituents is 1. The number of amides is 1. The summed E-state index contributed by atoms with van der Waals surface area (Å²) in [5.41, 5.74) is 2.06. The summed E-state index contributed by atoms with van der Waals surface area (Å²) in [5.74, 6) is -0.850.